The van der Waals surface area contributed by atoms with E-state index < -0.39 is 12.2 Å². The minimum Gasteiger partial charge on any atom is -0.325 e. The van der Waals surface area contributed by atoms with Gasteiger partial charge in [0.1, 0.15) is 0 Å². The summed E-state index contributed by atoms with van der Waals surface area (Å²) < 4.78 is 1.79. The van der Waals surface area contributed by atoms with Crippen molar-refractivity contribution in [1.29, 1.82) is 0 Å². The number of benzene rings is 1. The van der Waals surface area contributed by atoms with Crippen LogP contribution in [0.4, 0.5) is 4.79 Å². The zero-order valence-electron chi connectivity index (χ0n) is 19.0. The summed E-state index contributed by atoms with van der Waals surface area (Å²) in [4.78, 5) is 36.6. The normalized spacial score (nSPS) is 21.3. The highest BCUT2D eigenvalue weighted by atomic mass is 16.2. The quantitative estimate of drug-likeness (QED) is 0.759. The molecular formula is C23H30N6O2. The molecule has 0 radical (unpaired) electrons. The molecule has 31 heavy (non-hydrogen) atoms. The number of imide groups is 1. The Labute approximate surface area is 183 Å². The molecule has 1 aromatic carbocycles. The number of aryl methyl sites for hydroxylation is 3. The molecule has 2 unspecified atom stereocenters. The average Bonchev–Trinajstić information content (AvgIpc) is 3.23. The van der Waals surface area contributed by atoms with Gasteiger partial charge in [-0.3, -0.25) is 9.69 Å². The lowest BCUT2D eigenvalue weighted by atomic mass is 10.0. The van der Waals surface area contributed by atoms with Crippen LogP contribution in [0.5, 0.6) is 0 Å². The van der Waals surface area contributed by atoms with Gasteiger partial charge in [0, 0.05) is 19.3 Å². The first-order chi connectivity index (χ1) is 14.7. The van der Waals surface area contributed by atoms with Crippen molar-refractivity contribution in [3.05, 3.63) is 52.8 Å². The Kier molecular flexibility index (Phi) is 5.33. The van der Waals surface area contributed by atoms with Crippen molar-refractivity contribution in [1.82, 2.24) is 24.5 Å². The van der Waals surface area contributed by atoms with Crippen LogP contribution in [0.1, 0.15) is 36.4 Å². The zero-order chi connectivity index (χ0) is 22.4. The maximum Gasteiger partial charge on any atom is 0.328 e. The first kappa shape index (κ1) is 21.1. The predicted molar refractivity (Wildman–Crippen MR) is 119 cm³/mol. The van der Waals surface area contributed by atoms with E-state index in [4.69, 9.17) is 4.99 Å². The molecule has 1 fully saturated rings. The zero-order valence-corrected chi connectivity index (χ0v) is 19.0. The summed E-state index contributed by atoms with van der Waals surface area (Å²) >= 11 is 0. The van der Waals surface area contributed by atoms with Gasteiger partial charge < -0.3 is 9.80 Å². The maximum atomic E-state index is 13.7. The third-order valence-corrected chi connectivity index (χ3v) is 5.92. The molecule has 2 aliphatic rings. The van der Waals surface area contributed by atoms with Gasteiger partial charge in [0.15, 0.2) is 12.2 Å². The molecule has 3 amide bonds. The molecule has 8 nitrogen and oxygen atoms in total. The molecule has 0 bridgehead atoms. The summed E-state index contributed by atoms with van der Waals surface area (Å²) in [6.45, 7) is 11.0. The fourth-order valence-corrected chi connectivity index (χ4v) is 4.36. The third-order valence-electron chi connectivity index (χ3n) is 5.92. The van der Waals surface area contributed by atoms with Crippen LogP contribution in [0, 0.1) is 26.7 Å². The highest BCUT2D eigenvalue weighted by molar-refractivity contribution is 6.04. The molecule has 0 aliphatic carbocycles. The van der Waals surface area contributed by atoms with Crippen molar-refractivity contribution in [2.24, 2.45) is 10.9 Å². The van der Waals surface area contributed by atoms with Gasteiger partial charge in [-0.15, -0.1) is 0 Å². The SMILES string of the molecule is Cc1cc(C)n(C2=NC3C(C(=O)N(Cc4ccccc4C)C(=O)N3C)N2CC(C)C)n1. The number of hydrogen-bond donors (Lipinski definition) is 0. The van der Waals surface area contributed by atoms with Crippen LogP contribution >= 0.6 is 0 Å². The Balaban J connectivity index is 1.73. The first-order valence-electron chi connectivity index (χ1n) is 10.7. The highest BCUT2D eigenvalue weighted by Gasteiger charge is 2.52. The lowest BCUT2D eigenvalue weighted by molar-refractivity contribution is -0.138. The molecule has 1 saturated heterocycles. The summed E-state index contributed by atoms with van der Waals surface area (Å²) in [7, 11) is 1.72. The van der Waals surface area contributed by atoms with Crippen LogP contribution in [-0.2, 0) is 11.3 Å². The fraction of sp³-hybridized carbons (Fsp3) is 0.478. The number of aromatic nitrogens is 2. The van der Waals surface area contributed by atoms with Crippen LogP contribution in [0.25, 0.3) is 0 Å². The highest BCUT2D eigenvalue weighted by Crippen LogP contribution is 2.30. The van der Waals surface area contributed by atoms with Crippen molar-refractivity contribution >= 4 is 17.9 Å². The third kappa shape index (κ3) is 3.60. The van der Waals surface area contributed by atoms with Gasteiger partial charge in [0.25, 0.3) is 5.91 Å². The summed E-state index contributed by atoms with van der Waals surface area (Å²) in [5.74, 6) is 0.721. The van der Waals surface area contributed by atoms with E-state index in [2.05, 4.69) is 18.9 Å². The Morgan fingerprint density at radius 1 is 1.10 bits per heavy atom. The molecule has 164 valence electrons. The first-order valence-corrected chi connectivity index (χ1v) is 10.7. The van der Waals surface area contributed by atoms with Crippen molar-refractivity contribution in [2.75, 3.05) is 13.6 Å². The van der Waals surface area contributed by atoms with E-state index in [0.29, 0.717) is 18.4 Å². The van der Waals surface area contributed by atoms with Gasteiger partial charge in [0.05, 0.1) is 12.2 Å². The van der Waals surface area contributed by atoms with Crippen molar-refractivity contribution < 1.29 is 9.59 Å². The molecule has 8 heteroatoms. The number of aliphatic imine (C=N–C) groups is 1. The van der Waals surface area contributed by atoms with Crippen LogP contribution in [-0.4, -0.2) is 68.2 Å². The maximum absolute atomic E-state index is 13.7. The Hall–Kier alpha value is -3.16. The summed E-state index contributed by atoms with van der Waals surface area (Å²) in [6, 6.07) is 8.94. The monoisotopic (exact) mass is 422 g/mol. The lowest BCUT2D eigenvalue weighted by Gasteiger charge is -2.41. The summed E-state index contributed by atoms with van der Waals surface area (Å²) in [6.07, 6.45) is -0.564. The number of fused-ring (bicyclic) bond motifs is 1. The topological polar surface area (TPSA) is 74.0 Å². The summed E-state index contributed by atoms with van der Waals surface area (Å²) in [5, 5.41) is 4.59. The van der Waals surface area contributed by atoms with Crippen LogP contribution in [0.2, 0.25) is 0 Å². The number of amides is 3. The molecule has 1 aromatic heterocycles. The lowest BCUT2D eigenvalue weighted by Crippen LogP contribution is -2.65. The van der Waals surface area contributed by atoms with E-state index in [1.54, 1.807) is 16.6 Å². The number of carbonyl (C=O) groups excluding carboxylic acids is 2. The number of likely N-dealkylation sites (N-methyl/N-ethyl adjacent to an activating group) is 1. The second kappa shape index (κ2) is 7.83. The molecule has 2 atom stereocenters. The molecule has 0 N–H and O–H groups in total. The molecule has 4 rings (SSSR count). The van der Waals surface area contributed by atoms with E-state index in [-0.39, 0.29) is 18.5 Å². The van der Waals surface area contributed by atoms with E-state index >= 15 is 0 Å². The van der Waals surface area contributed by atoms with E-state index in [1.165, 1.54) is 4.90 Å². The second-order valence-electron chi connectivity index (χ2n) is 8.92. The Morgan fingerprint density at radius 3 is 2.42 bits per heavy atom. The van der Waals surface area contributed by atoms with Gasteiger partial charge in [-0.25, -0.2) is 14.5 Å². The number of urea groups is 1. The molecule has 2 aliphatic heterocycles. The molecular weight excluding hydrogens is 392 g/mol. The number of rotatable bonds is 4. The van der Waals surface area contributed by atoms with E-state index in [9.17, 15) is 9.59 Å². The Morgan fingerprint density at radius 2 is 1.81 bits per heavy atom. The summed E-state index contributed by atoms with van der Waals surface area (Å²) in [5.41, 5.74) is 3.85. The fourth-order valence-electron chi connectivity index (χ4n) is 4.36. The number of nitrogens with zero attached hydrogens (tertiary/aromatic N) is 6. The molecule has 0 saturated carbocycles. The van der Waals surface area contributed by atoms with Crippen molar-refractivity contribution in [3.63, 3.8) is 0 Å². The predicted octanol–water partition coefficient (Wildman–Crippen LogP) is 2.77. The van der Waals surface area contributed by atoms with Crippen LogP contribution in [0.15, 0.2) is 35.3 Å². The minimum absolute atomic E-state index is 0.211. The minimum atomic E-state index is -0.564. The number of carbonyl (C=O) groups is 2. The molecule has 0 spiro atoms. The van der Waals surface area contributed by atoms with Crippen molar-refractivity contribution in [2.45, 2.75) is 53.4 Å². The van der Waals surface area contributed by atoms with Crippen molar-refractivity contribution in [3.8, 4) is 0 Å². The van der Waals surface area contributed by atoms with Gasteiger partial charge in [-0.05, 0) is 43.9 Å². The van der Waals surface area contributed by atoms with Crippen LogP contribution in [0.3, 0.4) is 0 Å². The molecule has 2 aromatic rings. The second-order valence-corrected chi connectivity index (χ2v) is 8.92. The smallest absolute Gasteiger partial charge is 0.325 e. The Bertz CT molecular complexity index is 1060. The molecule has 3 heterocycles. The number of hydrogen-bond acceptors (Lipinski definition) is 5. The largest absolute Gasteiger partial charge is 0.328 e. The standard InChI is InChI=1S/C23H30N6O2/c1-14(2)12-27-19-20(24-22(27)29-17(5)11-16(4)25-29)26(6)23(31)28(21(19)30)13-18-10-8-7-9-15(18)3/h7-11,14,19-20H,12-13H2,1-6H3. The average molecular weight is 423 g/mol. The van der Waals surface area contributed by atoms with Gasteiger partial charge >= 0.3 is 6.03 Å². The van der Waals surface area contributed by atoms with Gasteiger partial charge in [0.2, 0.25) is 5.96 Å². The van der Waals surface area contributed by atoms with Gasteiger partial charge in [-0.2, -0.15) is 5.10 Å². The van der Waals surface area contributed by atoms with Crippen LogP contribution < -0.4 is 0 Å². The van der Waals surface area contributed by atoms with Gasteiger partial charge in [-0.1, -0.05) is 38.1 Å². The van der Waals surface area contributed by atoms with E-state index in [0.717, 1.165) is 22.5 Å². The van der Waals surface area contributed by atoms with E-state index in [1.807, 2.05) is 56.0 Å².